The molecule has 3 rings (SSSR count). The Morgan fingerprint density at radius 3 is 2.95 bits per heavy atom. The van der Waals surface area contributed by atoms with E-state index in [1.54, 1.807) is 0 Å². The Morgan fingerprint density at radius 2 is 2.23 bits per heavy atom. The lowest BCUT2D eigenvalue weighted by atomic mass is 10.0. The highest BCUT2D eigenvalue weighted by Crippen LogP contribution is 2.28. The van der Waals surface area contributed by atoms with Crippen LogP contribution < -0.4 is 0 Å². The van der Waals surface area contributed by atoms with Crippen LogP contribution in [0.2, 0.25) is 12.1 Å². The van der Waals surface area contributed by atoms with Crippen molar-refractivity contribution in [1.82, 2.24) is 19.4 Å². The Bertz CT molecular complexity index is 522. The molecule has 3 heterocycles. The molecule has 1 N–H and O–H groups in total. The molecule has 2 aliphatic rings. The summed E-state index contributed by atoms with van der Waals surface area (Å²) in [6, 6.07) is 0. The third kappa shape index (κ3) is 4.05. The Morgan fingerprint density at radius 1 is 1.45 bits per heavy atom. The molecule has 2 fully saturated rings. The molecule has 2 aliphatic heterocycles. The Labute approximate surface area is 130 Å². The van der Waals surface area contributed by atoms with Crippen LogP contribution in [0.4, 0.5) is 5.95 Å². The number of aliphatic hydroxyl groups excluding tert-OH is 1. The molecule has 0 bridgehead atoms. The highest BCUT2D eigenvalue weighted by atomic mass is 16.6. The van der Waals surface area contributed by atoms with Gasteiger partial charge in [-0.15, -0.1) is 0 Å². The quantitative estimate of drug-likeness (QED) is 0.425. The fourth-order valence-corrected chi connectivity index (χ4v) is 3.10. The molecular formula is C13H22BN5O3. The molecule has 8 nitrogen and oxygen atoms in total. The molecule has 2 saturated heterocycles. The smallest absolute Gasteiger partial charge is 0.390 e. The standard InChI is InChI=1S/C13H22BN5O3/c20-12(9-18-5-2-15-13(18)19(21)22)8-17-4-1-3-16(10-17)7-11-6-14-11/h2,5,11-12,14,20H,1,3-4,6-10H2. The Kier molecular flexibility index (Phi) is 4.75. The minimum Gasteiger partial charge on any atom is -0.390 e. The van der Waals surface area contributed by atoms with Gasteiger partial charge < -0.3 is 15.2 Å². The summed E-state index contributed by atoms with van der Waals surface area (Å²) in [5.41, 5.74) is 0. The second kappa shape index (κ2) is 6.76. The first-order valence-electron chi connectivity index (χ1n) is 7.90. The minimum absolute atomic E-state index is 0.204. The number of aromatic nitrogens is 2. The maximum Gasteiger partial charge on any atom is 0.434 e. The molecular weight excluding hydrogens is 285 g/mol. The summed E-state index contributed by atoms with van der Waals surface area (Å²) >= 11 is 0. The first-order chi connectivity index (χ1) is 10.6. The van der Waals surface area contributed by atoms with Gasteiger partial charge in [0, 0.05) is 19.6 Å². The van der Waals surface area contributed by atoms with Gasteiger partial charge in [-0.25, -0.2) is 4.57 Å². The number of hydrogen-bond donors (Lipinski definition) is 1. The average molecular weight is 307 g/mol. The predicted molar refractivity (Wildman–Crippen MR) is 83.2 cm³/mol. The third-order valence-corrected chi connectivity index (χ3v) is 4.30. The second-order valence-electron chi connectivity index (χ2n) is 6.38. The molecule has 0 saturated carbocycles. The van der Waals surface area contributed by atoms with E-state index in [1.165, 1.54) is 37.1 Å². The van der Waals surface area contributed by atoms with Crippen molar-refractivity contribution in [2.24, 2.45) is 0 Å². The maximum atomic E-state index is 10.8. The summed E-state index contributed by atoms with van der Waals surface area (Å²) in [4.78, 5) is 18.7. The van der Waals surface area contributed by atoms with Crippen LogP contribution in [-0.4, -0.2) is 75.6 Å². The van der Waals surface area contributed by atoms with Crippen molar-refractivity contribution in [2.45, 2.75) is 31.2 Å². The van der Waals surface area contributed by atoms with Gasteiger partial charge >= 0.3 is 5.95 Å². The lowest BCUT2D eigenvalue weighted by molar-refractivity contribution is -0.397. The van der Waals surface area contributed by atoms with Crippen LogP contribution in [0.1, 0.15) is 6.42 Å². The molecule has 1 aromatic heterocycles. The molecule has 2 unspecified atom stereocenters. The summed E-state index contributed by atoms with van der Waals surface area (Å²) in [6.45, 7) is 4.91. The van der Waals surface area contributed by atoms with Crippen LogP contribution >= 0.6 is 0 Å². The van der Waals surface area contributed by atoms with Crippen LogP contribution in [0, 0.1) is 10.1 Å². The normalized spacial score (nSPS) is 24.0. The van der Waals surface area contributed by atoms with Gasteiger partial charge in [-0.05, 0) is 17.9 Å². The first kappa shape index (κ1) is 15.5. The number of nitro groups is 1. The molecule has 9 heteroatoms. The zero-order valence-electron chi connectivity index (χ0n) is 12.7. The zero-order valence-corrected chi connectivity index (χ0v) is 12.7. The maximum absolute atomic E-state index is 10.8. The van der Waals surface area contributed by atoms with Crippen molar-refractivity contribution < 1.29 is 10.0 Å². The molecule has 120 valence electrons. The van der Waals surface area contributed by atoms with Crippen molar-refractivity contribution >= 4 is 13.2 Å². The minimum atomic E-state index is -0.631. The summed E-state index contributed by atoms with van der Waals surface area (Å²) in [6.07, 6.45) is 4.77. The van der Waals surface area contributed by atoms with E-state index >= 15 is 0 Å². The molecule has 22 heavy (non-hydrogen) atoms. The van der Waals surface area contributed by atoms with Crippen LogP contribution in [0.25, 0.3) is 0 Å². The van der Waals surface area contributed by atoms with Crippen molar-refractivity contribution in [3.63, 3.8) is 0 Å². The summed E-state index contributed by atoms with van der Waals surface area (Å²) < 4.78 is 1.40. The van der Waals surface area contributed by atoms with Gasteiger partial charge in [0.05, 0.1) is 19.3 Å². The topological polar surface area (TPSA) is 87.7 Å². The fraction of sp³-hybridized carbons (Fsp3) is 0.769. The number of imidazole rings is 1. The first-order valence-corrected chi connectivity index (χ1v) is 7.90. The van der Waals surface area contributed by atoms with Gasteiger partial charge in [0.2, 0.25) is 0 Å². The van der Waals surface area contributed by atoms with Gasteiger partial charge in [-0.2, -0.15) is 0 Å². The summed E-state index contributed by atoms with van der Waals surface area (Å²) in [7, 11) is 1.35. The van der Waals surface area contributed by atoms with E-state index in [0.29, 0.717) is 6.54 Å². The largest absolute Gasteiger partial charge is 0.434 e. The molecule has 0 amide bonds. The monoisotopic (exact) mass is 307 g/mol. The van der Waals surface area contributed by atoms with E-state index < -0.39 is 11.0 Å². The number of hydrogen-bond acceptors (Lipinski definition) is 6. The molecule has 0 aromatic carbocycles. The molecule has 2 atom stereocenters. The van der Waals surface area contributed by atoms with Crippen molar-refractivity contribution in [1.29, 1.82) is 0 Å². The van der Waals surface area contributed by atoms with Crippen LogP contribution in [-0.2, 0) is 6.54 Å². The molecule has 0 aliphatic carbocycles. The van der Waals surface area contributed by atoms with Crippen molar-refractivity contribution in [2.75, 3.05) is 32.8 Å². The predicted octanol–water partition coefficient (Wildman–Crippen LogP) is -0.226. The Hall–Kier alpha value is -1.45. The second-order valence-corrected chi connectivity index (χ2v) is 6.38. The van der Waals surface area contributed by atoms with Crippen LogP contribution in [0.15, 0.2) is 12.4 Å². The van der Waals surface area contributed by atoms with Crippen LogP contribution in [0.5, 0.6) is 0 Å². The summed E-state index contributed by atoms with van der Waals surface area (Å²) in [5, 5.41) is 21.1. The summed E-state index contributed by atoms with van der Waals surface area (Å²) in [5.74, 6) is 0.659. The molecule has 0 spiro atoms. The fourth-order valence-electron chi connectivity index (χ4n) is 3.10. The number of nitrogens with zero attached hydrogens (tertiary/aromatic N) is 5. The SMILES string of the molecule is O=[N+]([O-])c1nccn1CC(O)CN1CCCN(CC2BC2)C1. The van der Waals surface area contributed by atoms with Gasteiger partial charge in [0.1, 0.15) is 19.7 Å². The third-order valence-electron chi connectivity index (χ3n) is 4.30. The highest BCUT2D eigenvalue weighted by molar-refractivity contribution is 6.50. The number of β-amino-alcohol motifs (C(OH)–C–C–N with tert-alkyl or cyclic N) is 1. The number of aliphatic hydroxyl groups is 1. The van der Waals surface area contributed by atoms with E-state index in [9.17, 15) is 15.2 Å². The van der Waals surface area contributed by atoms with E-state index in [0.717, 1.165) is 32.0 Å². The van der Waals surface area contributed by atoms with Gasteiger partial charge in [-0.1, -0.05) is 17.1 Å². The van der Waals surface area contributed by atoms with E-state index in [4.69, 9.17) is 0 Å². The van der Waals surface area contributed by atoms with Crippen molar-refractivity contribution in [3.05, 3.63) is 22.5 Å². The van der Waals surface area contributed by atoms with E-state index in [1.807, 2.05) is 0 Å². The number of rotatable bonds is 7. The molecule has 0 radical (unpaired) electrons. The average Bonchev–Trinajstić information content (AvgIpc) is 3.14. The lowest BCUT2D eigenvalue weighted by Gasteiger charge is -2.36. The van der Waals surface area contributed by atoms with Gasteiger partial charge in [0.15, 0.2) is 0 Å². The lowest BCUT2D eigenvalue weighted by Crippen LogP contribution is -2.48. The van der Waals surface area contributed by atoms with Crippen molar-refractivity contribution in [3.8, 4) is 0 Å². The highest BCUT2D eigenvalue weighted by Gasteiger charge is 2.28. The Balaban J connectivity index is 1.49. The zero-order chi connectivity index (χ0) is 15.5. The molecule has 1 aromatic rings. The van der Waals surface area contributed by atoms with E-state index in [2.05, 4.69) is 14.8 Å². The van der Waals surface area contributed by atoms with Gasteiger partial charge in [-0.3, -0.25) is 9.80 Å². The van der Waals surface area contributed by atoms with E-state index in [-0.39, 0.29) is 12.5 Å². The van der Waals surface area contributed by atoms with Gasteiger partial charge in [0.25, 0.3) is 0 Å². The van der Waals surface area contributed by atoms with Crippen LogP contribution in [0.3, 0.4) is 0 Å².